The van der Waals surface area contributed by atoms with Crippen LogP contribution in [0.2, 0.25) is 0 Å². The van der Waals surface area contributed by atoms with Gasteiger partial charge in [0.15, 0.2) is 0 Å². The molecular weight excluding hydrogens is 497 g/mol. The minimum absolute atomic E-state index is 0.0483. The molecule has 0 amide bonds. The number of alkyl halides is 3. The molecule has 5 rings (SSSR count). The molecule has 38 heavy (non-hydrogen) atoms. The van der Waals surface area contributed by atoms with Gasteiger partial charge in [-0.15, -0.1) is 10.2 Å². The molecule has 0 saturated heterocycles. The van der Waals surface area contributed by atoms with Crippen molar-refractivity contribution < 1.29 is 17.9 Å². The minimum Gasteiger partial charge on any atom is -0.381 e. The third kappa shape index (κ3) is 4.54. The van der Waals surface area contributed by atoms with Crippen molar-refractivity contribution in [2.24, 2.45) is 13.0 Å². The first-order chi connectivity index (χ1) is 18.0. The van der Waals surface area contributed by atoms with Gasteiger partial charge >= 0.3 is 11.9 Å². The number of hydrogen-bond donors (Lipinski definition) is 1. The summed E-state index contributed by atoms with van der Waals surface area (Å²) in [6, 6.07) is 8.44. The van der Waals surface area contributed by atoms with Crippen molar-refractivity contribution in [3.05, 3.63) is 82.1 Å². The van der Waals surface area contributed by atoms with Crippen molar-refractivity contribution in [3.8, 4) is 5.69 Å². The average molecular weight is 529 g/mol. The molecule has 0 bridgehead atoms. The normalized spacial score (nSPS) is 19.8. The number of fused-ring (bicyclic) bond motifs is 1. The van der Waals surface area contributed by atoms with Crippen molar-refractivity contribution in [3.63, 3.8) is 0 Å². The third-order valence-corrected chi connectivity index (χ3v) is 7.31. The first-order valence-electron chi connectivity index (χ1n) is 12.6. The molecule has 0 unspecified atom stereocenters. The van der Waals surface area contributed by atoms with Crippen molar-refractivity contribution in [2.45, 2.75) is 50.9 Å². The number of pyridine rings is 1. The van der Waals surface area contributed by atoms with Crippen LogP contribution < -0.4 is 11.0 Å². The minimum atomic E-state index is -4.61. The molecule has 1 aromatic carbocycles. The summed E-state index contributed by atoms with van der Waals surface area (Å²) in [7, 11) is 3.54. The Morgan fingerprint density at radius 3 is 2.61 bits per heavy atom. The van der Waals surface area contributed by atoms with Crippen LogP contribution in [-0.2, 0) is 29.9 Å². The molecule has 0 radical (unpaired) electrons. The molecule has 0 atom stereocenters. The second-order valence-electron chi connectivity index (χ2n) is 10.5. The van der Waals surface area contributed by atoms with Gasteiger partial charge in [0.25, 0.3) is 0 Å². The molecule has 11 heteroatoms. The van der Waals surface area contributed by atoms with Crippen LogP contribution in [0, 0.1) is 5.92 Å². The van der Waals surface area contributed by atoms with Gasteiger partial charge in [0.1, 0.15) is 12.2 Å². The van der Waals surface area contributed by atoms with Crippen LogP contribution in [-0.4, -0.2) is 43.5 Å². The molecule has 3 heterocycles. The van der Waals surface area contributed by atoms with Gasteiger partial charge in [0.2, 0.25) is 0 Å². The smallest absolute Gasteiger partial charge is 0.381 e. The summed E-state index contributed by atoms with van der Waals surface area (Å²) in [4.78, 5) is 13.5. The van der Waals surface area contributed by atoms with E-state index in [1.54, 1.807) is 19.5 Å². The van der Waals surface area contributed by atoms with E-state index in [0.717, 1.165) is 21.9 Å². The number of nitrogens with zero attached hydrogens (tertiary/aromatic N) is 5. The lowest BCUT2D eigenvalue weighted by molar-refractivity contribution is -0.136. The molecule has 3 aromatic heterocycles. The molecule has 1 aliphatic rings. The van der Waals surface area contributed by atoms with Crippen LogP contribution in [0.15, 0.2) is 53.8 Å². The van der Waals surface area contributed by atoms with Gasteiger partial charge in [-0.3, -0.25) is 8.97 Å². The van der Waals surface area contributed by atoms with Crippen LogP contribution in [0.5, 0.6) is 0 Å². The van der Waals surface area contributed by atoms with E-state index in [1.165, 1.54) is 17.0 Å². The Morgan fingerprint density at radius 1 is 1.21 bits per heavy atom. The standard InChI is InChI=1S/C27H31F3N6O2/c1-17(2)12-31-13-18-8-22(27(28,29)30)23-15-35(25(37)36(23)14-18)20-7-5-6-19(9-20)26(10-21(11-26)38-4)24-33-32-16-34(24)3/h5-9,14-17,21,31H,10-13H2,1-4H3/t21-,26-. The molecule has 1 saturated carbocycles. The Labute approximate surface area is 218 Å². The summed E-state index contributed by atoms with van der Waals surface area (Å²) in [5.74, 6) is 1.12. The third-order valence-electron chi connectivity index (χ3n) is 7.31. The Bertz CT molecular complexity index is 1510. The van der Waals surface area contributed by atoms with Crippen molar-refractivity contribution in [1.29, 1.82) is 0 Å². The summed E-state index contributed by atoms with van der Waals surface area (Å²) in [6.07, 6.45) is 1.18. The number of aryl methyl sites for hydroxylation is 1. The predicted octanol–water partition coefficient (Wildman–Crippen LogP) is 4.08. The summed E-state index contributed by atoms with van der Waals surface area (Å²) >= 11 is 0. The SMILES string of the molecule is CO[C@H]1C[C@](c2cccc(-n3cc4c(C(F)(F)F)cc(CNCC(C)C)cn4c3=O)c2)(c2nncn2C)C1. The number of rotatable bonds is 8. The highest BCUT2D eigenvalue weighted by Gasteiger charge is 2.50. The van der Waals surface area contributed by atoms with Gasteiger partial charge in [-0.1, -0.05) is 26.0 Å². The second-order valence-corrected chi connectivity index (χ2v) is 10.5. The molecule has 8 nitrogen and oxygen atoms in total. The Balaban J connectivity index is 1.60. The first kappa shape index (κ1) is 26.2. The Kier molecular flexibility index (Phi) is 6.68. The number of methoxy groups -OCH3 is 1. The number of aromatic nitrogens is 5. The van der Waals surface area contributed by atoms with E-state index >= 15 is 0 Å². The molecule has 1 fully saturated rings. The van der Waals surface area contributed by atoms with Crippen LogP contribution in [0.3, 0.4) is 0 Å². The predicted molar refractivity (Wildman–Crippen MR) is 136 cm³/mol. The van der Waals surface area contributed by atoms with Crippen LogP contribution in [0.1, 0.15) is 49.2 Å². The van der Waals surface area contributed by atoms with E-state index in [-0.39, 0.29) is 18.2 Å². The second kappa shape index (κ2) is 9.70. The van der Waals surface area contributed by atoms with Crippen LogP contribution in [0.4, 0.5) is 13.2 Å². The van der Waals surface area contributed by atoms with Gasteiger partial charge in [-0.05, 0) is 54.6 Å². The topological polar surface area (TPSA) is 78.4 Å². The van der Waals surface area contributed by atoms with Gasteiger partial charge in [0, 0.05) is 33.1 Å². The zero-order chi connectivity index (χ0) is 27.2. The summed E-state index contributed by atoms with van der Waals surface area (Å²) < 4.78 is 51.9. The first-order valence-corrected chi connectivity index (χ1v) is 12.6. The fraction of sp³-hybridized carbons (Fsp3) is 0.444. The van der Waals surface area contributed by atoms with Gasteiger partial charge in [-0.25, -0.2) is 4.79 Å². The van der Waals surface area contributed by atoms with E-state index < -0.39 is 22.8 Å². The molecule has 0 spiro atoms. The highest BCUT2D eigenvalue weighted by atomic mass is 19.4. The number of benzene rings is 1. The monoisotopic (exact) mass is 528 g/mol. The van der Waals surface area contributed by atoms with E-state index in [4.69, 9.17) is 4.74 Å². The zero-order valence-corrected chi connectivity index (χ0v) is 21.8. The number of halogens is 3. The lowest BCUT2D eigenvalue weighted by Gasteiger charge is -2.46. The molecular formula is C27H31F3N6O2. The zero-order valence-electron chi connectivity index (χ0n) is 21.8. The van der Waals surface area contributed by atoms with Crippen LogP contribution in [0.25, 0.3) is 11.2 Å². The van der Waals surface area contributed by atoms with Crippen molar-refractivity contribution >= 4 is 5.52 Å². The molecule has 4 aromatic rings. The summed E-state index contributed by atoms with van der Waals surface area (Å²) in [6.45, 7) is 4.91. The van der Waals surface area contributed by atoms with E-state index in [0.29, 0.717) is 36.6 Å². The van der Waals surface area contributed by atoms with Crippen molar-refractivity contribution in [1.82, 2.24) is 29.0 Å². The van der Waals surface area contributed by atoms with Crippen LogP contribution >= 0.6 is 0 Å². The largest absolute Gasteiger partial charge is 0.418 e. The van der Waals surface area contributed by atoms with E-state index in [1.807, 2.05) is 43.7 Å². The number of ether oxygens (including phenoxy) is 1. The fourth-order valence-corrected chi connectivity index (χ4v) is 5.36. The lowest BCUT2D eigenvalue weighted by atomic mass is 9.62. The maximum Gasteiger partial charge on any atom is 0.418 e. The van der Waals surface area contributed by atoms with Crippen molar-refractivity contribution in [2.75, 3.05) is 13.7 Å². The van der Waals surface area contributed by atoms with Gasteiger partial charge in [-0.2, -0.15) is 13.2 Å². The van der Waals surface area contributed by atoms with E-state index in [2.05, 4.69) is 15.5 Å². The average Bonchev–Trinajstić information content (AvgIpc) is 3.41. The Morgan fingerprint density at radius 2 is 1.97 bits per heavy atom. The highest BCUT2D eigenvalue weighted by Crippen LogP contribution is 2.49. The molecule has 202 valence electrons. The lowest BCUT2D eigenvalue weighted by Crippen LogP contribution is -2.48. The number of nitrogens with one attached hydrogen (secondary N) is 1. The quantitative estimate of drug-likeness (QED) is 0.373. The molecule has 1 N–H and O–H groups in total. The van der Waals surface area contributed by atoms with Gasteiger partial charge in [0.05, 0.1) is 28.3 Å². The van der Waals surface area contributed by atoms with Gasteiger partial charge < -0.3 is 14.6 Å². The number of hydrogen-bond acceptors (Lipinski definition) is 5. The summed E-state index contributed by atoms with van der Waals surface area (Å²) in [5.41, 5.74) is -0.304. The maximum absolute atomic E-state index is 14.1. The van der Waals surface area contributed by atoms with E-state index in [9.17, 15) is 18.0 Å². The molecule has 0 aliphatic heterocycles. The Hall–Kier alpha value is -3.44. The maximum atomic E-state index is 14.1. The number of imidazole rings is 1. The highest BCUT2D eigenvalue weighted by molar-refractivity contribution is 5.58. The summed E-state index contributed by atoms with van der Waals surface area (Å²) in [5, 5.41) is 11.5. The molecule has 1 aliphatic carbocycles. The fourth-order valence-electron chi connectivity index (χ4n) is 5.36.